The van der Waals surface area contributed by atoms with E-state index < -0.39 is 4.92 Å². The molecule has 2 aromatic rings. The molecule has 0 bridgehead atoms. The lowest BCUT2D eigenvalue weighted by molar-refractivity contribution is -0.384. The Morgan fingerprint density at radius 2 is 2.15 bits per heavy atom. The quantitative estimate of drug-likeness (QED) is 0.246. The van der Waals surface area contributed by atoms with Gasteiger partial charge >= 0.3 is 0 Å². The first-order chi connectivity index (χ1) is 12.9. The molecule has 2 aromatic carbocycles. The highest BCUT2D eigenvalue weighted by Crippen LogP contribution is 2.38. The van der Waals surface area contributed by atoms with Crippen molar-refractivity contribution in [2.75, 3.05) is 7.11 Å². The molecule has 6 nitrogen and oxygen atoms in total. The minimum absolute atomic E-state index is 0.0242. The van der Waals surface area contributed by atoms with Crippen molar-refractivity contribution < 1.29 is 14.4 Å². The predicted octanol–water partition coefficient (Wildman–Crippen LogP) is 5.61. The van der Waals surface area contributed by atoms with E-state index in [0.717, 1.165) is 6.42 Å². The van der Waals surface area contributed by atoms with Crippen molar-refractivity contribution in [3.63, 3.8) is 0 Å². The summed E-state index contributed by atoms with van der Waals surface area (Å²) in [6.07, 6.45) is 2.53. The summed E-state index contributed by atoms with van der Waals surface area (Å²) in [5.74, 6) is 1.13. The largest absolute Gasteiger partial charge is 0.493 e. The molecule has 0 aromatic heterocycles. The monoisotopic (exact) mass is 430 g/mol. The van der Waals surface area contributed by atoms with Gasteiger partial charge in [-0.05, 0) is 58.6 Å². The third kappa shape index (κ3) is 5.08. The second-order valence-corrected chi connectivity index (χ2v) is 6.70. The molecule has 0 heterocycles. The number of nitro groups is 1. The number of methoxy groups -OCH3 is 1. The number of non-ortho nitro benzene ring substituents is 1. The van der Waals surface area contributed by atoms with Gasteiger partial charge in [-0.3, -0.25) is 10.1 Å². The van der Waals surface area contributed by atoms with Crippen LogP contribution in [0.25, 0.3) is 11.6 Å². The summed E-state index contributed by atoms with van der Waals surface area (Å²) in [7, 11) is 1.55. The zero-order valence-corrected chi connectivity index (χ0v) is 16.8. The third-order valence-corrected chi connectivity index (χ3v) is 4.53. The Labute approximate surface area is 166 Å². The number of nitro benzene ring substituents is 1. The molecule has 0 aliphatic rings. The van der Waals surface area contributed by atoms with Crippen LogP contribution in [0.4, 0.5) is 5.69 Å². The van der Waals surface area contributed by atoms with Crippen molar-refractivity contribution in [3.8, 4) is 17.6 Å². The Morgan fingerprint density at radius 1 is 1.41 bits per heavy atom. The average Bonchev–Trinajstić information content (AvgIpc) is 2.67. The van der Waals surface area contributed by atoms with E-state index in [4.69, 9.17) is 9.47 Å². The SMILES string of the molecule is CCC(C)Oc1c(Br)cc(C=C(C#N)c2cccc([N+](=O)[O-])c2)cc1OC. The molecule has 1 unspecified atom stereocenters. The Kier molecular flexibility index (Phi) is 6.97. The van der Waals surface area contributed by atoms with Crippen LogP contribution in [0.15, 0.2) is 40.9 Å². The second-order valence-electron chi connectivity index (χ2n) is 5.85. The Hall–Kier alpha value is -2.85. The van der Waals surface area contributed by atoms with Gasteiger partial charge < -0.3 is 9.47 Å². The number of rotatable bonds is 7. The minimum atomic E-state index is -0.487. The zero-order valence-electron chi connectivity index (χ0n) is 15.2. The lowest BCUT2D eigenvalue weighted by Crippen LogP contribution is -2.11. The van der Waals surface area contributed by atoms with E-state index in [0.29, 0.717) is 32.7 Å². The van der Waals surface area contributed by atoms with Crippen molar-refractivity contribution in [3.05, 3.63) is 62.1 Å². The summed E-state index contributed by atoms with van der Waals surface area (Å²) in [5.41, 5.74) is 1.42. The van der Waals surface area contributed by atoms with Crippen LogP contribution >= 0.6 is 15.9 Å². The van der Waals surface area contributed by atoms with Crippen molar-refractivity contribution in [1.29, 1.82) is 5.26 Å². The first kappa shape index (κ1) is 20.5. The average molecular weight is 431 g/mol. The normalized spacial score (nSPS) is 12.2. The summed E-state index contributed by atoms with van der Waals surface area (Å²) in [6.45, 7) is 4.00. The molecule has 0 saturated heterocycles. The summed E-state index contributed by atoms with van der Waals surface area (Å²) in [6, 6.07) is 11.7. The molecule has 1 atom stereocenters. The van der Waals surface area contributed by atoms with Gasteiger partial charge in [0.15, 0.2) is 11.5 Å². The maximum Gasteiger partial charge on any atom is 0.270 e. The van der Waals surface area contributed by atoms with Gasteiger partial charge in [0, 0.05) is 12.1 Å². The fraction of sp³-hybridized carbons (Fsp3) is 0.250. The van der Waals surface area contributed by atoms with Crippen molar-refractivity contribution in [1.82, 2.24) is 0 Å². The van der Waals surface area contributed by atoms with E-state index in [1.807, 2.05) is 19.9 Å². The highest BCUT2D eigenvalue weighted by molar-refractivity contribution is 9.10. The molecule has 0 N–H and O–H groups in total. The van der Waals surface area contributed by atoms with Gasteiger partial charge in [0.05, 0.1) is 34.3 Å². The van der Waals surface area contributed by atoms with Crippen LogP contribution < -0.4 is 9.47 Å². The number of hydrogen-bond donors (Lipinski definition) is 0. The number of halogens is 1. The van der Waals surface area contributed by atoms with Crippen LogP contribution in [0, 0.1) is 21.4 Å². The number of ether oxygens (including phenoxy) is 2. The molecule has 0 amide bonds. The predicted molar refractivity (Wildman–Crippen MR) is 108 cm³/mol. The van der Waals surface area contributed by atoms with Crippen LogP contribution in [0.1, 0.15) is 31.4 Å². The first-order valence-corrected chi connectivity index (χ1v) is 9.09. The Morgan fingerprint density at radius 3 is 2.74 bits per heavy atom. The molecule has 2 rings (SSSR count). The molecule has 140 valence electrons. The summed E-state index contributed by atoms with van der Waals surface area (Å²) in [4.78, 5) is 10.5. The molecule has 0 saturated carbocycles. The Bertz CT molecular complexity index is 919. The maximum atomic E-state index is 11.0. The van der Waals surface area contributed by atoms with Crippen LogP contribution in [-0.2, 0) is 0 Å². The van der Waals surface area contributed by atoms with Crippen molar-refractivity contribution in [2.45, 2.75) is 26.4 Å². The van der Waals surface area contributed by atoms with Crippen molar-refractivity contribution >= 4 is 33.3 Å². The van der Waals surface area contributed by atoms with Crippen LogP contribution in [0.2, 0.25) is 0 Å². The molecule has 0 aliphatic carbocycles. The number of nitrogens with zero attached hydrogens (tertiary/aromatic N) is 2. The zero-order chi connectivity index (χ0) is 20.0. The summed E-state index contributed by atoms with van der Waals surface area (Å²) >= 11 is 3.49. The number of nitriles is 1. The van der Waals surface area contributed by atoms with Crippen LogP contribution in [0.5, 0.6) is 11.5 Å². The van der Waals surface area contributed by atoms with E-state index >= 15 is 0 Å². The van der Waals surface area contributed by atoms with Gasteiger partial charge in [-0.1, -0.05) is 19.1 Å². The van der Waals surface area contributed by atoms with E-state index in [2.05, 4.69) is 22.0 Å². The smallest absolute Gasteiger partial charge is 0.270 e. The highest BCUT2D eigenvalue weighted by Gasteiger charge is 2.15. The van der Waals surface area contributed by atoms with E-state index in [1.165, 1.54) is 12.1 Å². The standard InChI is InChI=1S/C20H19BrN2O4/c1-4-13(2)27-20-18(21)9-14(10-19(20)26-3)8-16(12-22)15-6-5-7-17(11-15)23(24)25/h5-11,13H,4H2,1-3H3. The van der Waals surface area contributed by atoms with Gasteiger partial charge in [-0.2, -0.15) is 5.26 Å². The van der Waals surface area contributed by atoms with E-state index in [-0.39, 0.29) is 11.8 Å². The number of hydrogen-bond acceptors (Lipinski definition) is 5. The minimum Gasteiger partial charge on any atom is -0.493 e. The summed E-state index contributed by atoms with van der Waals surface area (Å²) < 4.78 is 12.0. The fourth-order valence-corrected chi connectivity index (χ4v) is 2.91. The number of allylic oxidation sites excluding steroid dienone is 1. The van der Waals surface area contributed by atoms with E-state index in [9.17, 15) is 15.4 Å². The van der Waals surface area contributed by atoms with Gasteiger partial charge in [-0.15, -0.1) is 0 Å². The van der Waals surface area contributed by atoms with E-state index in [1.54, 1.807) is 31.4 Å². The lowest BCUT2D eigenvalue weighted by Gasteiger charge is -2.17. The van der Waals surface area contributed by atoms with Crippen LogP contribution in [0.3, 0.4) is 0 Å². The lowest BCUT2D eigenvalue weighted by atomic mass is 10.0. The van der Waals surface area contributed by atoms with Gasteiger partial charge in [-0.25, -0.2) is 0 Å². The topological polar surface area (TPSA) is 85.4 Å². The molecule has 0 aliphatic heterocycles. The second kappa shape index (κ2) is 9.19. The van der Waals surface area contributed by atoms with Gasteiger partial charge in [0.25, 0.3) is 5.69 Å². The molecule has 27 heavy (non-hydrogen) atoms. The third-order valence-electron chi connectivity index (χ3n) is 3.95. The van der Waals surface area contributed by atoms with Crippen molar-refractivity contribution in [2.24, 2.45) is 0 Å². The van der Waals surface area contributed by atoms with Gasteiger partial charge in [0.1, 0.15) is 0 Å². The molecule has 0 radical (unpaired) electrons. The molecule has 0 spiro atoms. The molecule has 0 fully saturated rings. The highest BCUT2D eigenvalue weighted by atomic mass is 79.9. The van der Waals surface area contributed by atoms with Crippen LogP contribution in [-0.4, -0.2) is 18.1 Å². The number of benzene rings is 2. The first-order valence-electron chi connectivity index (χ1n) is 8.30. The fourth-order valence-electron chi connectivity index (χ4n) is 2.36. The maximum absolute atomic E-state index is 11.0. The molecular formula is C20H19BrN2O4. The Balaban J connectivity index is 2.47. The van der Waals surface area contributed by atoms with Gasteiger partial charge in [0.2, 0.25) is 0 Å². The summed E-state index contributed by atoms with van der Waals surface area (Å²) in [5, 5.41) is 20.5. The molecule has 7 heteroatoms. The molecular weight excluding hydrogens is 412 g/mol.